The van der Waals surface area contributed by atoms with Crippen LogP contribution in [0.5, 0.6) is 0 Å². The van der Waals surface area contributed by atoms with Gasteiger partial charge < -0.3 is 15.6 Å². The van der Waals surface area contributed by atoms with Gasteiger partial charge in [0.2, 0.25) is 0 Å². The second-order valence-corrected chi connectivity index (χ2v) is 4.57. The van der Waals surface area contributed by atoms with Crippen molar-refractivity contribution < 1.29 is 15.6 Å². The Morgan fingerprint density at radius 3 is 2.11 bits per heavy atom. The fourth-order valence-electron chi connectivity index (χ4n) is 2.05. The van der Waals surface area contributed by atoms with Crippen LogP contribution in [0.1, 0.15) is 5.56 Å². The molecule has 3 heteroatoms. The van der Waals surface area contributed by atoms with Gasteiger partial charge in [0.1, 0.15) is 0 Å². The summed E-state index contributed by atoms with van der Waals surface area (Å²) in [5, 5.41) is 10.9. The van der Waals surface area contributed by atoms with E-state index in [0.29, 0.717) is 13.0 Å². The molecule has 0 fully saturated rings. The average molecular weight is 255 g/mol. The summed E-state index contributed by atoms with van der Waals surface area (Å²) in [7, 11) is 0. The smallest absolute Gasteiger partial charge is 0.0824 e. The van der Waals surface area contributed by atoms with Gasteiger partial charge in [-0.1, -0.05) is 54.6 Å². The lowest BCUT2D eigenvalue weighted by molar-refractivity contribution is -0.387. The number of benzene rings is 2. The molecular weight excluding hydrogens is 238 g/mol. The molecule has 98 valence electrons. The number of carboxylic acid groups (broad SMARTS) is 1. The molecule has 0 aliphatic heterocycles. The average Bonchev–Trinajstić information content (AvgIpc) is 2.46. The molecular formula is C16H17NO2. The molecule has 0 aromatic heterocycles. The maximum absolute atomic E-state index is 10.9. The standard InChI is InChI=1S/C16H17NO2/c17-11-15(16(18)19)10-12-6-8-14(9-7-12)13-4-2-1-3-5-13/h1-9,15H,10-11,17H2,(H,18,19)/t15-/m0/s1. The zero-order valence-corrected chi connectivity index (χ0v) is 10.7. The Morgan fingerprint density at radius 2 is 1.58 bits per heavy atom. The lowest BCUT2D eigenvalue weighted by atomic mass is 9.97. The molecule has 2 aromatic rings. The molecule has 2 aromatic carbocycles. The van der Waals surface area contributed by atoms with Crippen LogP contribution in [0.2, 0.25) is 0 Å². The van der Waals surface area contributed by atoms with Crippen LogP contribution in [0.4, 0.5) is 0 Å². The number of hydrogen-bond acceptors (Lipinski definition) is 2. The number of carbonyl (C=O) groups is 1. The van der Waals surface area contributed by atoms with Crippen LogP contribution < -0.4 is 10.8 Å². The van der Waals surface area contributed by atoms with E-state index in [1.165, 1.54) is 0 Å². The topological polar surface area (TPSA) is 67.8 Å². The molecule has 19 heavy (non-hydrogen) atoms. The van der Waals surface area contributed by atoms with Crippen molar-refractivity contribution in [3.63, 3.8) is 0 Å². The van der Waals surface area contributed by atoms with E-state index in [0.717, 1.165) is 16.7 Å². The Labute approximate surface area is 112 Å². The fourth-order valence-corrected chi connectivity index (χ4v) is 2.05. The maximum Gasteiger partial charge on any atom is 0.0824 e. The van der Waals surface area contributed by atoms with E-state index in [1.807, 2.05) is 42.5 Å². The second kappa shape index (κ2) is 6.16. The number of carbonyl (C=O) groups excluding carboxylic acids is 1. The molecule has 2 rings (SSSR count). The van der Waals surface area contributed by atoms with Crippen LogP contribution in [0, 0.1) is 5.92 Å². The van der Waals surface area contributed by atoms with E-state index in [1.54, 1.807) is 0 Å². The molecule has 1 atom stereocenters. The first-order valence-electron chi connectivity index (χ1n) is 6.35. The maximum atomic E-state index is 10.9. The normalized spacial score (nSPS) is 12.1. The molecule has 0 aliphatic rings. The zero-order chi connectivity index (χ0) is 13.7. The van der Waals surface area contributed by atoms with Gasteiger partial charge in [-0.2, -0.15) is 0 Å². The second-order valence-electron chi connectivity index (χ2n) is 4.57. The van der Waals surface area contributed by atoms with E-state index < -0.39 is 11.9 Å². The minimum atomic E-state index is -1.03. The number of quaternary nitrogens is 1. The first-order valence-corrected chi connectivity index (χ1v) is 6.35. The van der Waals surface area contributed by atoms with E-state index in [2.05, 4.69) is 17.9 Å². The minimum absolute atomic E-state index is 0.350. The Kier molecular flexibility index (Phi) is 4.31. The van der Waals surface area contributed by atoms with Gasteiger partial charge in [0.05, 0.1) is 18.4 Å². The highest BCUT2D eigenvalue weighted by molar-refractivity contribution is 5.68. The van der Waals surface area contributed by atoms with Gasteiger partial charge >= 0.3 is 0 Å². The molecule has 0 heterocycles. The summed E-state index contributed by atoms with van der Waals surface area (Å²) in [5.41, 5.74) is 6.93. The molecule has 0 unspecified atom stereocenters. The van der Waals surface area contributed by atoms with Crippen LogP contribution in [0.25, 0.3) is 11.1 Å². The molecule has 0 amide bonds. The lowest BCUT2D eigenvalue weighted by Crippen LogP contribution is -2.57. The Hall–Kier alpha value is -2.13. The molecule has 0 saturated heterocycles. The summed E-state index contributed by atoms with van der Waals surface area (Å²) in [5.74, 6) is -1.54. The third-order valence-electron chi connectivity index (χ3n) is 3.22. The van der Waals surface area contributed by atoms with E-state index in [9.17, 15) is 9.90 Å². The monoisotopic (exact) mass is 255 g/mol. The quantitative estimate of drug-likeness (QED) is 0.845. The number of rotatable bonds is 5. The number of hydrogen-bond donors (Lipinski definition) is 1. The van der Waals surface area contributed by atoms with Crippen molar-refractivity contribution in [2.24, 2.45) is 5.92 Å². The molecule has 0 spiro atoms. The molecule has 0 saturated carbocycles. The van der Waals surface area contributed by atoms with Crippen molar-refractivity contribution in [2.75, 3.05) is 6.54 Å². The fraction of sp³-hybridized carbons (Fsp3) is 0.188. The summed E-state index contributed by atoms with van der Waals surface area (Å²) in [4.78, 5) is 10.9. The largest absolute Gasteiger partial charge is 0.550 e. The van der Waals surface area contributed by atoms with Gasteiger partial charge in [-0.15, -0.1) is 0 Å². The molecule has 0 radical (unpaired) electrons. The van der Waals surface area contributed by atoms with Crippen molar-refractivity contribution in [1.82, 2.24) is 0 Å². The van der Waals surface area contributed by atoms with Crippen molar-refractivity contribution in [3.05, 3.63) is 60.2 Å². The third kappa shape index (κ3) is 3.42. The van der Waals surface area contributed by atoms with Gasteiger partial charge in [-0.05, 0) is 23.1 Å². The number of aliphatic carboxylic acids is 1. The zero-order valence-electron chi connectivity index (χ0n) is 10.7. The van der Waals surface area contributed by atoms with Crippen molar-refractivity contribution in [3.8, 4) is 11.1 Å². The first-order chi connectivity index (χ1) is 9.20. The van der Waals surface area contributed by atoms with Crippen molar-refractivity contribution in [2.45, 2.75) is 6.42 Å². The summed E-state index contributed by atoms with van der Waals surface area (Å²) in [6, 6.07) is 18.0. The lowest BCUT2D eigenvalue weighted by Gasteiger charge is -2.14. The summed E-state index contributed by atoms with van der Waals surface area (Å²) in [6.45, 7) is 0.350. The van der Waals surface area contributed by atoms with Crippen molar-refractivity contribution >= 4 is 5.97 Å². The van der Waals surface area contributed by atoms with Gasteiger partial charge in [-0.25, -0.2) is 0 Å². The summed E-state index contributed by atoms with van der Waals surface area (Å²) < 4.78 is 0. The molecule has 3 nitrogen and oxygen atoms in total. The van der Waals surface area contributed by atoms with E-state index >= 15 is 0 Å². The Morgan fingerprint density at radius 1 is 1.00 bits per heavy atom. The highest BCUT2D eigenvalue weighted by Crippen LogP contribution is 2.20. The van der Waals surface area contributed by atoms with Gasteiger partial charge in [0.15, 0.2) is 0 Å². The van der Waals surface area contributed by atoms with Gasteiger partial charge in [-0.3, -0.25) is 0 Å². The van der Waals surface area contributed by atoms with Crippen LogP contribution in [-0.4, -0.2) is 12.5 Å². The van der Waals surface area contributed by atoms with Crippen LogP contribution in [0.15, 0.2) is 54.6 Å². The van der Waals surface area contributed by atoms with E-state index in [4.69, 9.17) is 0 Å². The van der Waals surface area contributed by atoms with Gasteiger partial charge in [0.25, 0.3) is 0 Å². The molecule has 0 bridgehead atoms. The molecule has 0 aliphatic carbocycles. The number of carboxylic acids is 1. The van der Waals surface area contributed by atoms with Crippen molar-refractivity contribution in [1.29, 1.82) is 0 Å². The van der Waals surface area contributed by atoms with Crippen LogP contribution in [0.3, 0.4) is 0 Å². The highest BCUT2D eigenvalue weighted by atomic mass is 16.4. The Bertz CT molecular complexity index is 534. The Balaban J connectivity index is 2.13. The predicted octanol–water partition coefficient (Wildman–Crippen LogP) is 0.504. The van der Waals surface area contributed by atoms with Gasteiger partial charge in [0, 0.05) is 0 Å². The predicted molar refractivity (Wildman–Crippen MR) is 71.8 cm³/mol. The van der Waals surface area contributed by atoms with Crippen LogP contribution in [-0.2, 0) is 11.2 Å². The highest BCUT2D eigenvalue weighted by Gasteiger charge is 2.10. The minimum Gasteiger partial charge on any atom is -0.550 e. The third-order valence-corrected chi connectivity index (χ3v) is 3.22. The molecule has 3 N–H and O–H groups in total. The van der Waals surface area contributed by atoms with E-state index in [-0.39, 0.29) is 0 Å². The first kappa shape index (κ1) is 13.3. The van der Waals surface area contributed by atoms with Crippen LogP contribution >= 0.6 is 0 Å². The summed E-state index contributed by atoms with van der Waals surface area (Å²) >= 11 is 0. The summed E-state index contributed by atoms with van der Waals surface area (Å²) in [6.07, 6.45) is 0.473. The SMILES string of the molecule is [NH3+]C[C@H](Cc1ccc(-c2ccccc2)cc1)C(=O)[O-].